The summed E-state index contributed by atoms with van der Waals surface area (Å²) < 4.78 is 10.9. The molecular formula is C16H17NO3. The predicted molar refractivity (Wildman–Crippen MR) is 76.4 cm³/mol. The van der Waals surface area contributed by atoms with E-state index in [0.717, 1.165) is 11.1 Å². The van der Waals surface area contributed by atoms with E-state index in [1.54, 1.807) is 25.3 Å². The van der Waals surface area contributed by atoms with Crippen molar-refractivity contribution in [2.45, 2.75) is 13.2 Å². The van der Waals surface area contributed by atoms with Crippen molar-refractivity contribution < 1.29 is 14.3 Å². The van der Waals surface area contributed by atoms with E-state index in [9.17, 15) is 4.79 Å². The smallest absolute Gasteiger partial charge is 0.248 e. The van der Waals surface area contributed by atoms with E-state index in [1.807, 2.05) is 30.3 Å². The number of nitrogens with two attached hydrogens (primary N) is 1. The number of hydrogen-bond acceptors (Lipinski definition) is 3. The maximum Gasteiger partial charge on any atom is 0.248 e. The highest BCUT2D eigenvalue weighted by atomic mass is 16.5. The highest BCUT2D eigenvalue weighted by Crippen LogP contribution is 2.21. The Bertz CT molecular complexity index is 582. The van der Waals surface area contributed by atoms with Crippen molar-refractivity contribution in [2.75, 3.05) is 7.11 Å². The summed E-state index contributed by atoms with van der Waals surface area (Å²) in [6.45, 7) is 0.865. The van der Waals surface area contributed by atoms with Gasteiger partial charge in [0.25, 0.3) is 0 Å². The molecule has 0 aliphatic heterocycles. The molecule has 0 atom stereocenters. The maximum absolute atomic E-state index is 11.2. The van der Waals surface area contributed by atoms with Gasteiger partial charge in [0.05, 0.1) is 20.3 Å². The molecule has 0 saturated carbocycles. The molecule has 0 unspecified atom stereocenters. The lowest BCUT2D eigenvalue weighted by atomic mass is 10.1. The molecular weight excluding hydrogens is 254 g/mol. The van der Waals surface area contributed by atoms with Crippen LogP contribution in [0.4, 0.5) is 0 Å². The molecule has 0 aromatic heterocycles. The van der Waals surface area contributed by atoms with Gasteiger partial charge < -0.3 is 15.2 Å². The van der Waals surface area contributed by atoms with Crippen molar-refractivity contribution in [3.05, 3.63) is 65.2 Å². The van der Waals surface area contributed by atoms with E-state index in [0.29, 0.717) is 24.5 Å². The van der Waals surface area contributed by atoms with Gasteiger partial charge in [-0.1, -0.05) is 30.3 Å². The zero-order chi connectivity index (χ0) is 14.4. The lowest BCUT2D eigenvalue weighted by Crippen LogP contribution is -2.11. The fourth-order valence-electron chi connectivity index (χ4n) is 1.90. The van der Waals surface area contributed by atoms with E-state index in [2.05, 4.69) is 0 Å². The van der Waals surface area contributed by atoms with Gasteiger partial charge >= 0.3 is 0 Å². The zero-order valence-corrected chi connectivity index (χ0v) is 11.3. The first-order valence-corrected chi connectivity index (χ1v) is 6.29. The maximum atomic E-state index is 11.2. The van der Waals surface area contributed by atoms with Gasteiger partial charge in [0.15, 0.2) is 0 Å². The Labute approximate surface area is 118 Å². The Morgan fingerprint density at radius 2 is 1.85 bits per heavy atom. The van der Waals surface area contributed by atoms with Crippen molar-refractivity contribution in [3.63, 3.8) is 0 Å². The topological polar surface area (TPSA) is 61.5 Å². The molecule has 0 aliphatic carbocycles. The third-order valence-corrected chi connectivity index (χ3v) is 2.93. The standard InChI is InChI=1S/C16H17NO3/c1-19-15-8-7-13(16(17)18)9-14(15)11-20-10-12-5-3-2-4-6-12/h2-9H,10-11H2,1H3,(H2,17,18). The normalized spacial score (nSPS) is 10.2. The Morgan fingerprint density at radius 1 is 1.10 bits per heavy atom. The van der Waals surface area contributed by atoms with E-state index in [4.69, 9.17) is 15.2 Å². The number of carbonyl (C=O) groups is 1. The Morgan fingerprint density at radius 3 is 2.50 bits per heavy atom. The first kappa shape index (κ1) is 14.1. The second kappa shape index (κ2) is 6.73. The van der Waals surface area contributed by atoms with Crippen LogP contribution in [0.25, 0.3) is 0 Å². The highest BCUT2D eigenvalue weighted by molar-refractivity contribution is 5.93. The van der Waals surface area contributed by atoms with Crippen LogP contribution in [-0.2, 0) is 18.0 Å². The fraction of sp³-hybridized carbons (Fsp3) is 0.188. The molecule has 0 aliphatic rings. The van der Waals surface area contributed by atoms with Crippen molar-refractivity contribution in [3.8, 4) is 5.75 Å². The summed E-state index contributed by atoms with van der Waals surface area (Å²) in [5.74, 6) is 0.222. The van der Waals surface area contributed by atoms with Crippen molar-refractivity contribution in [2.24, 2.45) is 5.73 Å². The van der Waals surface area contributed by atoms with Crippen LogP contribution in [0, 0.1) is 0 Å². The summed E-state index contributed by atoms with van der Waals surface area (Å²) in [6, 6.07) is 15.0. The lowest BCUT2D eigenvalue weighted by molar-refractivity contribution is 0.0996. The van der Waals surface area contributed by atoms with Gasteiger partial charge in [-0.3, -0.25) is 4.79 Å². The number of hydrogen-bond donors (Lipinski definition) is 1. The molecule has 2 N–H and O–H groups in total. The Balaban J connectivity index is 2.04. The second-order valence-corrected chi connectivity index (χ2v) is 4.37. The number of amides is 1. The van der Waals surface area contributed by atoms with Gasteiger partial charge in [-0.2, -0.15) is 0 Å². The average Bonchev–Trinajstić information content (AvgIpc) is 2.48. The zero-order valence-electron chi connectivity index (χ0n) is 11.3. The van der Waals surface area contributed by atoms with Crippen LogP contribution >= 0.6 is 0 Å². The van der Waals surface area contributed by atoms with E-state index in [-0.39, 0.29) is 0 Å². The van der Waals surface area contributed by atoms with Gasteiger partial charge in [-0.05, 0) is 23.8 Å². The molecule has 2 aromatic rings. The second-order valence-electron chi connectivity index (χ2n) is 4.37. The summed E-state index contributed by atoms with van der Waals surface area (Å²) in [4.78, 5) is 11.2. The largest absolute Gasteiger partial charge is 0.496 e. The summed E-state index contributed by atoms with van der Waals surface area (Å²) in [5, 5.41) is 0. The molecule has 0 spiro atoms. The van der Waals surface area contributed by atoms with Crippen LogP contribution in [0.3, 0.4) is 0 Å². The molecule has 0 saturated heterocycles. The van der Waals surface area contributed by atoms with Crippen LogP contribution < -0.4 is 10.5 Å². The van der Waals surface area contributed by atoms with Gasteiger partial charge in [0.1, 0.15) is 5.75 Å². The molecule has 20 heavy (non-hydrogen) atoms. The van der Waals surface area contributed by atoms with Crippen molar-refractivity contribution >= 4 is 5.91 Å². The minimum absolute atomic E-state index is 0.360. The molecule has 0 radical (unpaired) electrons. The monoisotopic (exact) mass is 271 g/mol. The molecule has 0 heterocycles. The predicted octanol–water partition coefficient (Wildman–Crippen LogP) is 2.51. The van der Waals surface area contributed by atoms with Gasteiger partial charge in [-0.15, -0.1) is 0 Å². The molecule has 4 heteroatoms. The number of benzene rings is 2. The van der Waals surface area contributed by atoms with E-state index >= 15 is 0 Å². The summed E-state index contributed by atoms with van der Waals surface area (Å²) in [7, 11) is 1.58. The van der Waals surface area contributed by atoms with Gasteiger partial charge in [0, 0.05) is 11.1 Å². The SMILES string of the molecule is COc1ccc(C(N)=O)cc1COCc1ccccc1. The average molecular weight is 271 g/mol. The Kier molecular flexibility index (Phi) is 4.74. The van der Waals surface area contributed by atoms with Gasteiger partial charge in [-0.25, -0.2) is 0 Å². The molecule has 104 valence electrons. The summed E-state index contributed by atoms with van der Waals surface area (Å²) >= 11 is 0. The van der Waals surface area contributed by atoms with Crippen LogP contribution in [0.1, 0.15) is 21.5 Å². The van der Waals surface area contributed by atoms with Crippen molar-refractivity contribution in [1.29, 1.82) is 0 Å². The third kappa shape index (κ3) is 3.59. The quantitative estimate of drug-likeness (QED) is 0.878. The number of methoxy groups -OCH3 is 1. The number of rotatable bonds is 6. The third-order valence-electron chi connectivity index (χ3n) is 2.93. The van der Waals surface area contributed by atoms with Crippen LogP contribution in [0.2, 0.25) is 0 Å². The first-order chi connectivity index (χ1) is 9.70. The van der Waals surface area contributed by atoms with Crippen LogP contribution in [0.5, 0.6) is 5.75 Å². The lowest BCUT2D eigenvalue weighted by Gasteiger charge is -2.10. The van der Waals surface area contributed by atoms with E-state index in [1.165, 1.54) is 0 Å². The molecule has 2 aromatic carbocycles. The Hall–Kier alpha value is -2.33. The molecule has 2 rings (SSSR count). The summed E-state index contributed by atoms with van der Waals surface area (Å²) in [6.07, 6.45) is 0. The number of ether oxygens (including phenoxy) is 2. The van der Waals surface area contributed by atoms with Crippen LogP contribution in [0.15, 0.2) is 48.5 Å². The van der Waals surface area contributed by atoms with E-state index < -0.39 is 5.91 Å². The molecule has 4 nitrogen and oxygen atoms in total. The minimum Gasteiger partial charge on any atom is -0.496 e. The fourth-order valence-corrected chi connectivity index (χ4v) is 1.90. The minimum atomic E-state index is -0.461. The molecule has 0 bridgehead atoms. The first-order valence-electron chi connectivity index (χ1n) is 6.29. The van der Waals surface area contributed by atoms with Gasteiger partial charge in [0.2, 0.25) is 5.91 Å². The molecule has 1 amide bonds. The number of carbonyl (C=O) groups excluding carboxylic acids is 1. The number of primary amides is 1. The summed E-state index contributed by atoms with van der Waals surface area (Å²) in [5.41, 5.74) is 7.62. The molecule has 0 fully saturated rings. The highest BCUT2D eigenvalue weighted by Gasteiger charge is 2.08. The van der Waals surface area contributed by atoms with Crippen LogP contribution in [-0.4, -0.2) is 13.0 Å². The van der Waals surface area contributed by atoms with Crippen molar-refractivity contribution in [1.82, 2.24) is 0 Å².